The van der Waals surface area contributed by atoms with Gasteiger partial charge in [0.15, 0.2) is 0 Å². The molecule has 2 heterocycles. The second-order valence-corrected chi connectivity index (χ2v) is 5.53. The zero-order valence-electron chi connectivity index (χ0n) is 11.8. The first kappa shape index (κ1) is 13.1. The van der Waals surface area contributed by atoms with E-state index in [1.54, 1.807) is 0 Å². The van der Waals surface area contributed by atoms with Gasteiger partial charge in [0.25, 0.3) is 0 Å². The van der Waals surface area contributed by atoms with E-state index in [1.165, 1.54) is 0 Å². The average molecular weight is 275 g/mol. The van der Waals surface area contributed by atoms with Crippen LogP contribution < -0.4 is 10.6 Å². The molecule has 2 N–H and O–H groups in total. The van der Waals surface area contributed by atoms with E-state index >= 15 is 0 Å². The lowest BCUT2D eigenvalue weighted by atomic mass is 10.0. The predicted octanol–water partition coefficient (Wildman–Crippen LogP) is 1.83. The van der Waals surface area contributed by atoms with Gasteiger partial charge in [-0.25, -0.2) is 14.5 Å². The minimum atomic E-state index is -0.0931. The Labute approximate surface area is 118 Å². The van der Waals surface area contributed by atoms with Crippen LogP contribution in [0.25, 0.3) is 0 Å². The van der Waals surface area contributed by atoms with Gasteiger partial charge >= 0.3 is 6.03 Å². The monoisotopic (exact) mass is 275 g/mol. The highest BCUT2D eigenvalue weighted by molar-refractivity contribution is 5.74. The maximum Gasteiger partial charge on any atom is 0.315 e. The maximum absolute atomic E-state index is 12.1. The fourth-order valence-corrected chi connectivity index (χ4v) is 2.92. The number of amides is 2. The molecule has 20 heavy (non-hydrogen) atoms. The van der Waals surface area contributed by atoms with Gasteiger partial charge in [0.1, 0.15) is 11.6 Å². The number of nitrogens with zero attached hydrogens (tertiary/aromatic N) is 3. The van der Waals surface area contributed by atoms with E-state index < -0.39 is 0 Å². The van der Waals surface area contributed by atoms with Crippen molar-refractivity contribution in [2.45, 2.75) is 57.7 Å². The molecule has 6 nitrogen and oxygen atoms in total. The van der Waals surface area contributed by atoms with Gasteiger partial charge in [0.05, 0.1) is 6.04 Å². The molecular formula is C14H21N5O. The summed E-state index contributed by atoms with van der Waals surface area (Å²) >= 11 is 0. The number of carbonyl (C=O) groups excluding carboxylic acids is 1. The molecule has 0 spiro atoms. The van der Waals surface area contributed by atoms with Crippen molar-refractivity contribution in [2.75, 3.05) is 0 Å². The number of carbonyl (C=O) groups is 1. The molecule has 1 aromatic rings. The Morgan fingerprint density at radius 3 is 3.05 bits per heavy atom. The molecule has 0 unspecified atom stereocenters. The molecular weight excluding hydrogens is 254 g/mol. The number of aryl methyl sites for hydroxylation is 2. The Hall–Kier alpha value is -1.85. The van der Waals surface area contributed by atoms with Crippen LogP contribution in [0.1, 0.15) is 49.8 Å². The van der Waals surface area contributed by atoms with Gasteiger partial charge in [-0.05, 0) is 39.0 Å². The van der Waals surface area contributed by atoms with Crippen molar-refractivity contribution in [3.63, 3.8) is 0 Å². The topological polar surface area (TPSA) is 71.8 Å². The summed E-state index contributed by atoms with van der Waals surface area (Å²) in [5, 5.41) is 10.4. The summed E-state index contributed by atoms with van der Waals surface area (Å²) in [5.41, 5.74) is 0. The molecule has 1 aromatic heterocycles. The third-order valence-corrected chi connectivity index (χ3v) is 3.89. The fraction of sp³-hybridized carbons (Fsp3) is 0.643. The van der Waals surface area contributed by atoms with Crippen molar-refractivity contribution in [1.82, 2.24) is 25.4 Å². The summed E-state index contributed by atoms with van der Waals surface area (Å²) < 4.78 is 1.91. The molecule has 1 aliphatic heterocycles. The Balaban J connectivity index is 1.60. The molecule has 0 saturated heterocycles. The van der Waals surface area contributed by atoms with Gasteiger partial charge in [-0.3, -0.25) is 0 Å². The minimum absolute atomic E-state index is 0.0240. The number of hydrogen-bond donors (Lipinski definition) is 2. The number of aromatic nitrogens is 3. The lowest BCUT2D eigenvalue weighted by Crippen LogP contribution is -2.44. The van der Waals surface area contributed by atoms with E-state index in [0.717, 1.165) is 50.3 Å². The molecule has 2 amide bonds. The number of allylic oxidation sites excluding steroid dienone is 1. The van der Waals surface area contributed by atoms with Gasteiger partial charge in [-0.2, -0.15) is 5.10 Å². The second kappa shape index (κ2) is 5.64. The van der Waals surface area contributed by atoms with E-state index in [-0.39, 0.29) is 18.1 Å². The van der Waals surface area contributed by atoms with Crippen LogP contribution in [0, 0.1) is 6.92 Å². The van der Waals surface area contributed by atoms with Crippen LogP contribution in [0.4, 0.5) is 4.79 Å². The first-order valence-electron chi connectivity index (χ1n) is 7.36. The Bertz CT molecular complexity index is 522. The number of urea groups is 1. The number of rotatable bonds is 2. The van der Waals surface area contributed by atoms with Crippen LogP contribution in [0.2, 0.25) is 0 Å². The quantitative estimate of drug-likeness (QED) is 0.809. The Morgan fingerprint density at radius 2 is 2.25 bits per heavy atom. The van der Waals surface area contributed by atoms with Gasteiger partial charge in [-0.15, -0.1) is 0 Å². The molecule has 1 aliphatic carbocycles. The Morgan fingerprint density at radius 1 is 1.35 bits per heavy atom. The molecule has 6 heteroatoms. The normalized spacial score (nSPS) is 25.1. The van der Waals surface area contributed by atoms with Crippen LogP contribution in [0.5, 0.6) is 0 Å². The van der Waals surface area contributed by atoms with Crippen LogP contribution in [-0.2, 0) is 6.54 Å². The Kier molecular flexibility index (Phi) is 3.71. The number of fused-ring (bicyclic) bond motifs is 1. The molecule has 0 saturated carbocycles. The van der Waals surface area contributed by atoms with Crippen LogP contribution in [0.15, 0.2) is 12.2 Å². The van der Waals surface area contributed by atoms with Crippen molar-refractivity contribution in [2.24, 2.45) is 0 Å². The van der Waals surface area contributed by atoms with E-state index in [9.17, 15) is 4.79 Å². The van der Waals surface area contributed by atoms with E-state index in [2.05, 4.69) is 32.9 Å². The van der Waals surface area contributed by atoms with Crippen molar-refractivity contribution in [3.05, 3.63) is 23.8 Å². The highest BCUT2D eigenvalue weighted by atomic mass is 16.2. The molecule has 108 valence electrons. The maximum atomic E-state index is 12.1. The summed E-state index contributed by atoms with van der Waals surface area (Å²) in [4.78, 5) is 16.5. The lowest BCUT2D eigenvalue weighted by Gasteiger charge is -2.25. The van der Waals surface area contributed by atoms with Gasteiger partial charge in [0.2, 0.25) is 0 Å². The highest BCUT2D eigenvalue weighted by Crippen LogP contribution is 2.22. The van der Waals surface area contributed by atoms with E-state index in [4.69, 9.17) is 0 Å². The first-order chi connectivity index (χ1) is 9.72. The molecule has 0 bridgehead atoms. The zero-order chi connectivity index (χ0) is 13.9. The number of hydrogen-bond acceptors (Lipinski definition) is 3. The SMILES string of the molecule is Cc1nc2n(n1)CCC[C@@H]2NC(=O)N[C@@H]1CC=CCC1. The second-order valence-electron chi connectivity index (χ2n) is 5.53. The fourth-order valence-electron chi connectivity index (χ4n) is 2.92. The van der Waals surface area contributed by atoms with Crippen LogP contribution in [-0.4, -0.2) is 26.8 Å². The van der Waals surface area contributed by atoms with Gasteiger partial charge in [-0.1, -0.05) is 12.2 Å². The molecule has 0 fully saturated rings. The summed E-state index contributed by atoms with van der Waals surface area (Å²) in [6.07, 6.45) is 9.24. The summed E-state index contributed by atoms with van der Waals surface area (Å²) in [6.45, 7) is 2.78. The summed E-state index contributed by atoms with van der Waals surface area (Å²) in [7, 11) is 0. The largest absolute Gasteiger partial charge is 0.335 e. The lowest BCUT2D eigenvalue weighted by molar-refractivity contribution is 0.228. The van der Waals surface area contributed by atoms with Crippen molar-refractivity contribution in [1.29, 1.82) is 0 Å². The van der Waals surface area contributed by atoms with Gasteiger partial charge in [0, 0.05) is 12.6 Å². The van der Waals surface area contributed by atoms with E-state index in [1.807, 2.05) is 11.6 Å². The molecule has 2 atom stereocenters. The van der Waals surface area contributed by atoms with Gasteiger partial charge < -0.3 is 10.6 Å². The van der Waals surface area contributed by atoms with Crippen molar-refractivity contribution in [3.8, 4) is 0 Å². The molecule has 3 rings (SSSR count). The third kappa shape index (κ3) is 2.84. The summed E-state index contributed by atoms with van der Waals surface area (Å²) in [5.74, 6) is 1.65. The summed E-state index contributed by atoms with van der Waals surface area (Å²) in [6, 6.07) is 0.136. The van der Waals surface area contributed by atoms with Crippen molar-refractivity contribution >= 4 is 6.03 Å². The number of nitrogens with one attached hydrogen (secondary N) is 2. The minimum Gasteiger partial charge on any atom is -0.335 e. The molecule has 0 radical (unpaired) electrons. The predicted molar refractivity (Wildman–Crippen MR) is 75.2 cm³/mol. The van der Waals surface area contributed by atoms with Crippen LogP contribution >= 0.6 is 0 Å². The third-order valence-electron chi connectivity index (χ3n) is 3.89. The average Bonchev–Trinajstić information content (AvgIpc) is 2.81. The van der Waals surface area contributed by atoms with Crippen LogP contribution in [0.3, 0.4) is 0 Å². The standard InChI is InChI=1S/C14H21N5O/c1-10-15-13-12(8-5-9-19(13)18-10)17-14(20)16-11-6-3-2-4-7-11/h2-3,11-12H,4-9H2,1H3,(H2,16,17,20)/t11-,12+/m1/s1. The van der Waals surface area contributed by atoms with E-state index in [0.29, 0.717) is 0 Å². The van der Waals surface area contributed by atoms with Crippen molar-refractivity contribution < 1.29 is 4.79 Å². The smallest absolute Gasteiger partial charge is 0.315 e. The zero-order valence-corrected chi connectivity index (χ0v) is 11.8. The highest BCUT2D eigenvalue weighted by Gasteiger charge is 2.25. The first-order valence-corrected chi connectivity index (χ1v) is 7.36. The molecule has 0 aromatic carbocycles. The molecule has 2 aliphatic rings.